The molecule has 24 heavy (non-hydrogen) atoms. The third-order valence-corrected chi connectivity index (χ3v) is 6.30. The molecule has 1 N–H and O–H groups in total. The first-order chi connectivity index (χ1) is 11.1. The molecule has 0 saturated carbocycles. The van der Waals surface area contributed by atoms with Crippen LogP contribution in [0.25, 0.3) is 0 Å². The van der Waals surface area contributed by atoms with Gasteiger partial charge in [-0.05, 0) is 18.1 Å². The lowest BCUT2D eigenvalue weighted by Gasteiger charge is -2.35. The Labute approximate surface area is 149 Å². The third kappa shape index (κ3) is 3.35. The number of aryl methyl sites for hydroxylation is 2. The summed E-state index contributed by atoms with van der Waals surface area (Å²) in [4.78, 5) is 4.76. The number of benzene rings is 1. The smallest absolute Gasteiger partial charge is 0.244 e. The van der Waals surface area contributed by atoms with Crippen molar-refractivity contribution in [3.8, 4) is 0 Å². The molecule has 132 valence electrons. The molecule has 8 heteroatoms. The summed E-state index contributed by atoms with van der Waals surface area (Å²) >= 11 is 0. The fraction of sp³-hybridized carbons (Fsp3) is 0.438. The van der Waals surface area contributed by atoms with Crippen LogP contribution in [0.3, 0.4) is 0 Å². The lowest BCUT2D eigenvalue weighted by atomic mass is 10.2. The maximum absolute atomic E-state index is 13.2. The Hall–Kier alpha value is -1.41. The van der Waals surface area contributed by atoms with Crippen molar-refractivity contribution in [2.24, 2.45) is 7.05 Å². The van der Waals surface area contributed by atoms with Crippen molar-refractivity contribution in [3.05, 3.63) is 48.0 Å². The van der Waals surface area contributed by atoms with E-state index in [-0.39, 0.29) is 18.4 Å². The number of imidazole rings is 1. The highest BCUT2D eigenvalue weighted by molar-refractivity contribution is 7.89. The van der Waals surface area contributed by atoms with Crippen LogP contribution in [0.5, 0.6) is 0 Å². The molecule has 6 nitrogen and oxygen atoms in total. The van der Waals surface area contributed by atoms with Gasteiger partial charge in [-0.1, -0.05) is 25.1 Å². The maximum atomic E-state index is 13.2. The number of halogens is 1. The Morgan fingerprint density at radius 2 is 2.08 bits per heavy atom. The fourth-order valence-corrected chi connectivity index (χ4v) is 4.95. The molecule has 1 aliphatic heterocycles. The minimum atomic E-state index is -3.56. The highest BCUT2D eigenvalue weighted by atomic mass is 35.5. The van der Waals surface area contributed by atoms with Gasteiger partial charge in [-0.2, -0.15) is 4.31 Å². The van der Waals surface area contributed by atoms with Gasteiger partial charge in [0, 0.05) is 39.1 Å². The fourth-order valence-electron chi connectivity index (χ4n) is 3.07. The molecule has 3 rings (SSSR count). The molecule has 1 aromatic heterocycles. The standard InChI is InChI=1S/C16H22N4O2S.ClH/c1-3-13-6-4-5-7-15(13)23(21,22)20-11-8-17-12-14(20)16-18-9-10-19(16)2;/h4-7,9-10,14,17H,3,8,11-12H2,1-2H3;1H. The van der Waals surface area contributed by atoms with Gasteiger partial charge in [0.05, 0.1) is 10.9 Å². The van der Waals surface area contributed by atoms with E-state index in [1.165, 1.54) is 0 Å². The molecule has 0 bridgehead atoms. The van der Waals surface area contributed by atoms with Gasteiger partial charge in [-0.3, -0.25) is 0 Å². The molecule has 1 aliphatic rings. The van der Waals surface area contributed by atoms with Crippen LogP contribution in [0.15, 0.2) is 41.6 Å². The molecule has 0 spiro atoms. The van der Waals surface area contributed by atoms with Gasteiger partial charge in [-0.15, -0.1) is 12.4 Å². The molecule has 1 atom stereocenters. The summed E-state index contributed by atoms with van der Waals surface area (Å²) in [6.45, 7) is 3.63. The van der Waals surface area contributed by atoms with E-state index in [2.05, 4.69) is 10.3 Å². The summed E-state index contributed by atoms with van der Waals surface area (Å²) in [5.74, 6) is 0.759. The predicted octanol–water partition coefficient (Wildman–Crippen LogP) is 1.74. The molecular formula is C16H23ClN4O2S. The molecule has 2 heterocycles. The van der Waals surface area contributed by atoms with Gasteiger partial charge in [0.2, 0.25) is 10.0 Å². The SMILES string of the molecule is CCc1ccccc1S(=O)(=O)N1CCNCC1c1nccn1C.Cl. The zero-order valence-corrected chi connectivity index (χ0v) is 15.5. The van der Waals surface area contributed by atoms with Gasteiger partial charge < -0.3 is 9.88 Å². The Balaban J connectivity index is 0.00000208. The summed E-state index contributed by atoms with van der Waals surface area (Å²) in [6, 6.07) is 6.95. The molecule has 0 amide bonds. The first-order valence-corrected chi connectivity index (χ1v) is 9.27. The number of aromatic nitrogens is 2. The topological polar surface area (TPSA) is 67.2 Å². The Morgan fingerprint density at radius 3 is 2.75 bits per heavy atom. The van der Waals surface area contributed by atoms with Crippen LogP contribution in [-0.4, -0.2) is 41.9 Å². The van der Waals surface area contributed by atoms with Gasteiger partial charge in [0.25, 0.3) is 0 Å². The minimum Gasteiger partial charge on any atom is -0.337 e. The van der Waals surface area contributed by atoms with Crippen LogP contribution in [0.1, 0.15) is 24.4 Å². The molecule has 0 aliphatic carbocycles. The Kier molecular flexibility index (Phi) is 6.03. The van der Waals surface area contributed by atoms with Crippen LogP contribution < -0.4 is 5.32 Å². The van der Waals surface area contributed by atoms with E-state index < -0.39 is 10.0 Å². The van der Waals surface area contributed by atoms with Crippen molar-refractivity contribution < 1.29 is 8.42 Å². The zero-order valence-electron chi connectivity index (χ0n) is 13.8. The maximum Gasteiger partial charge on any atom is 0.244 e. The third-order valence-electron chi connectivity index (χ3n) is 4.29. The van der Waals surface area contributed by atoms with E-state index in [1.54, 1.807) is 22.6 Å². The van der Waals surface area contributed by atoms with Crippen molar-refractivity contribution in [3.63, 3.8) is 0 Å². The van der Waals surface area contributed by atoms with Gasteiger partial charge >= 0.3 is 0 Å². The monoisotopic (exact) mass is 370 g/mol. The number of hydrogen-bond donors (Lipinski definition) is 1. The van der Waals surface area contributed by atoms with Crippen LogP contribution in [-0.2, 0) is 23.5 Å². The lowest BCUT2D eigenvalue weighted by Crippen LogP contribution is -2.49. The summed E-state index contributed by atoms with van der Waals surface area (Å²) in [6.07, 6.45) is 4.23. The van der Waals surface area contributed by atoms with E-state index in [0.29, 0.717) is 31.0 Å². The molecule has 1 fully saturated rings. The number of nitrogens with one attached hydrogen (secondary N) is 1. The first kappa shape index (κ1) is 18.9. The van der Waals surface area contributed by atoms with Gasteiger partial charge in [0.1, 0.15) is 5.82 Å². The van der Waals surface area contributed by atoms with Crippen molar-refractivity contribution in [1.29, 1.82) is 0 Å². The predicted molar refractivity (Wildman–Crippen MR) is 95.8 cm³/mol. The Bertz CT molecular complexity index is 791. The number of sulfonamides is 1. The second-order valence-electron chi connectivity index (χ2n) is 5.69. The van der Waals surface area contributed by atoms with E-state index in [0.717, 1.165) is 11.4 Å². The lowest BCUT2D eigenvalue weighted by molar-refractivity contribution is 0.258. The van der Waals surface area contributed by atoms with E-state index >= 15 is 0 Å². The summed E-state index contributed by atoms with van der Waals surface area (Å²) in [5, 5.41) is 3.27. The Morgan fingerprint density at radius 1 is 1.33 bits per heavy atom. The minimum absolute atomic E-state index is 0. The van der Waals surface area contributed by atoms with Crippen molar-refractivity contribution >= 4 is 22.4 Å². The van der Waals surface area contributed by atoms with E-state index in [1.807, 2.05) is 36.9 Å². The van der Waals surface area contributed by atoms with Gasteiger partial charge in [0.15, 0.2) is 0 Å². The molecule has 1 saturated heterocycles. The number of hydrogen-bond acceptors (Lipinski definition) is 4. The number of rotatable bonds is 4. The van der Waals surface area contributed by atoms with Crippen molar-refractivity contribution in [2.75, 3.05) is 19.6 Å². The zero-order chi connectivity index (χ0) is 16.4. The van der Waals surface area contributed by atoms with Crippen molar-refractivity contribution in [1.82, 2.24) is 19.2 Å². The average molecular weight is 371 g/mol. The second kappa shape index (κ2) is 7.65. The number of nitrogens with zero attached hydrogens (tertiary/aromatic N) is 3. The number of piperazine rings is 1. The van der Waals surface area contributed by atoms with Gasteiger partial charge in [-0.25, -0.2) is 13.4 Å². The van der Waals surface area contributed by atoms with Crippen LogP contribution in [0, 0.1) is 0 Å². The quantitative estimate of drug-likeness (QED) is 0.890. The molecule has 1 aromatic carbocycles. The van der Waals surface area contributed by atoms with Crippen LogP contribution in [0.4, 0.5) is 0 Å². The molecule has 2 aromatic rings. The average Bonchev–Trinajstić information content (AvgIpc) is 3.00. The van der Waals surface area contributed by atoms with E-state index in [4.69, 9.17) is 0 Å². The van der Waals surface area contributed by atoms with Crippen molar-refractivity contribution in [2.45, 2.75) is 24.3 Å². The van der Waals surface area contributed by atoms with Crippen LogP contribution >= 0.6 is 12.4 Å². The highest BCUT2D eigenvalue weighted by Crippen LogP contribution is 2.29. The summed E-state index contributed by atoms with van der Waals surface area (Å²) < 4.78 is 30.0. The largest absolute Gasteiger partial charge is 0.337 e. The van der Waals surface area contributed by atoms with E-state index in [9.17, 15) is 8.42 Å². The summed E-state index contributed by atoms with van der Waals surface area (Å²) in [5.41, 5.74) is 0.852. The molecule has 0 radical (unpaired) electrons. The molecule has 1 unspecified atom stereocenters. The first-order valence-electron chi connectivity index (χ1n) is 7.83. The normalized spacial score (nSPS) is 19.0. The molecular weight excluding hydrogens is 348 g/mol. The summed E-state index contributed by atoms with van der Waals surface area (Å²) in [7, 11) is -1.67. The highest BCUT2D eigenvalue weighted by Gasteiger charge is 2.37. The van der Waals surface area contributed by atoms with Crippen LogP contribution in [0.2, 0.25) is 0 Å². The second-order valence-corrected chi connectivity index (χ2v) is 7.55.